The number of hydrogen-bond acceptors (Lipinski definition) is 2. The van der Waals surface area contributed by atoms with Gasteiger partial charge in [-0.1, -0.05) is 0 Å². The Balaban J connectivity index is 2.40. The van der Waals surface area contributed by atoms with Gasteiger partial charge in [0, 0.05) is 17.3 Å². The Morgan fingerprint density at radius 3 is 2.29 bits per heavy atom. The summed E-state index contributed by atoms with van der Waals surface area (Å²) in [6.07, 6.45) is 4.27. The molecule has 78 valence electrons. The van der Waals surface area contributed by atoms with Crippen molar-refractivity contribution in [2.45, 2.75) is 44.7 Å². The van der Waals surface area contributed by atoms with E-state index in [1.807, 2.05) is 6.07 Å². The van der Waals surface area contributed by atoms with E-state index in [1.165, 1.54) is 5.56 Å². The van der Waals surface area contributed by atoms with Crippen molar-refractivity contribution in [2.24, 2.45) is 5.73 Å². The SMILES string of the molecule is CC(C)(C)n1cc(C2(N)CC2)cc1N. The summed E-state index contributed by atoms with van der Waals surface area (Å²) in [6, 6.07) is 2.01. The van der Waals surface area contributed by atoms with Crippen molar-refractivity contribution in [1.82, 2.24) is 4.57 Å². The van der Waals surface area contributed by atoms with Crippen molar-refractivity contribution in [3.63, 3.8) is 0 Å². The van der Waals surface area contributed by atoms with Gasteiger partial charge < -0.3 is 16.0 Å². The largest absolute Gasteiger partial charge is 0.385 e. The van der Waals surface area contributed by atoms with E-state index in [1.54, 1.807) is 0 Å². The predicted octanol–water partition coefficient (Wildman–Crippen LogP) is 1.77. The lowest BCUT2D eigenvalue weighted by Crippen LogP contribution is -2.23. The molecule has 0 aromatic carbocycles. The Hall–Kier alpha value is -0.960. The zero-order chi connectivity index (χ0) is 10.6. The molecule has 1 aromatic heterocycles. The predicted molar refractivity (Wildman–Crippen MR) is 58.9 cm³/mol. The zero-order valence-corrected chi connectivity index (χ0v) is 9.17. The van der Waals surface area contributed by atoms with Gasteiger partial charge in [0.2, 0.25) is 0 Å². The van der Waals surface area contributed by atoms with E-state index in [0.717, 1.165) is 18.7 Å². The first-order valence-electron chi connectivity index (χ1n) is 5.11. The van der Waals surface area contributed by atoms with Crippen LogP contribution in [0.2, 0.25) is 0 Å². The molecule has 0 aliphatic heterocycles. The summed E-state index contributed by atoms with van der Waals surface area (Å²) in [5.41, 5.74) is 13.2. The van der Waals surface area contributed by atoms with E-state index in [-0.39, 0.29) is 11.1 Å². The molecule has 0 saturated heterocycles. The lowest BCUT2D eigenvalue weighted by atomic mass is 10.1. The van der Waals surface area contributed by atoms with Gasteiger partial charge in [-0.3, -0.25) is 0 Å². The molecule has 14 heavy (non-hydrogen) atoms. The number of aromatic nitrogens is 1. The lowest BCUT2D eigenvalue weighted by Gasteiger charge is -2.22. The first kappa shape index (κ1) is 9.59. The quantitative estimate of drug-likeness (QED) is 0.714. The molecule has 1 aromatic rings. The number of nitrogens with zero attached hydrogens (tertiary/aromatic N) is 1. The third kappa shape index (κ3) is 1.42. The molecule has 1 saturated carbocycles. The van der Waals surface area contributed by atoms with Crippen LogP contribution in [0.4, 0.5) is 5.82 Å². The average Bonchev–Trinajstić information content (AvgIpc) is 2.61. The Bertz CT molecular complexity index is 353. The minimum absolute atomic E-state index is 0.0353. The smallest absolute Gasteiger partial charge is 0.104 e. The van der Waals surface area contributed by atoms with Crippen LogP contribution in [-0.4, -0.2) is 4.57 Å². The van der Waals surface area contributed by atoms with Gasteiger partial charge >= 0.3 is 0 Å². The van der Waals surface area contributed by atoms with E-state index >= 15 is 0 Å². The Morgan fingerprint density at radius 1 is 1.36 bits per heavy atom. The zero-order valence-electron chi connectivity index (χ0n) is 9.17. The Morgan fingerprint density at radius 2 is 1.93 bits per heavy atom. The molecule has 0 amide bonds. The molecule has 0 unspecified atom stereocenters. The van der Waals surface area contributed by atoms with Crippen LogP contribution in [0.1, 0.15) is 39.2 Å². The second kappa shape index (κ2) is 2.54. The summed E-state index contributed by atoms with van der Waals surface area (Å²) in [5, 5.41) is 0. The molecule has 0 bridgehead atoms. The van der Waals surface area contributed by atoms with Crippen LogP contribution < -0.4 is 11.5 Å². The van der Waals surface area contributed by atoms with Crippen molar-refractivity contribution in [3.05, 3.63) is 17.8 Å². The van der Waals surface area contributed by atoms with Gasteiger partial charge in [0.25, 0.3) is 0 Å². The molecule has 1 aliphatic carbocycles. The van der Waals surface area contributed by atoms with E-state index in [9.17, 15) is 0 Å². The highest BCUT2D eigenvalue weighted by Gasteiger charge is 2.41. The third-order valence-electron chi connectivity index (χ3n) is 2.94. The first-order chi connectivity index (χ1) is 6.33. The second-order valence-corrected chi connectivity index (χ2v) is 5.35. The van der Waals surface area contributed by atoms with Crippen molar-refractivity contribution in [3.8, 4) is 0 Å². The highest BCUT2D eigenvalue weighted by molar-refractivity contribution is 5.42. The summed E-state index contributed by atoms with van der Waals surface area (Å²) in [7, 11) is 0. The van der Waals surface area contributed by atoms with Gasteiger partial charge in [-0.2, -0.15) is 0 Å². The molecule has 1 fully saturated rings. The fourth-order valence-electron chi connectivity index (χ4n) is 1.76. The lowest BCUT2D eigenvalue weighted by molar-refractivity contribution is 0.403. The van der Waals surface area contributed by atoms with Gasteiger partial charge in [-0.25, -0.2) is 0 Å². The third-order valence-corrected chi connectivity index (χ3v) is 2.94. The summed E-state index contributed by atoms with van der Waals surface area (Å²) >= 11 is 0. The molecule has 1 aliphatic rings. The fraction of sp³-hybridized carbons (Fsp3) is 0.636. The molecular formula is C11H19N3. The van der Waals surface area contributed by atoms with Crippen LogP contribution in [0.5, 0.6) is 0 Å². The van der Waals surface area contributed by atoms with Crippen molar-refractivity contribution < 1.29 is 0 Å². The summed E-state index contributed by atoms with van der Waals surface area (Å²) in [6.45, 7) is 6.43. The summed E-state index contributed by atoms with van der Waals surface area (Å²) < 4.78 is 2.09. The van der Waals surface area contributed by atoms with Crippen LogP contribution >= 0.6 is 0 Å². The van der Waals surface area contributed by atoms with Crippen LogP contribution in [-0.2, 0) is 11.1 Å². The number of nitrogen functional groups attached to an aromatic ring is 1. The maximum absolute atomic E-state index is 6.12. The number of rotatable bonds is 1. The maximum atomic E-state index is 6.12. The van der Waals surface area contributed by atoms with Crippen LogP contribution in [0.15, 0.2) is 12.3 Å². The van der Waals surface area contributed by atoms with Gasteiger partial charge in [0.05, 0.1) is 0 Å². The van der Waals surface area contributed by atoms with Crippen molar-refractivity contribution in [1.29, 1.82) is 0 Å². The molecular weight excluding hydrogens is 174 g/mol. The van der Waals surface area contributed by atoms with Gasteiger partial charge in [0.1, 0.15) is 5.82 Å². The normalized spacial score (nSPS) is 19.7. The molecule has 0 radical (unpaired) electrons. The molecule has 2 rings (SSSR count). The first-order valence-corrected chi connectivity index (χ1v) is 5.11. The highest BCUT2D eigenvalue weighted by atomic mass is 15.1. The molecule has 4 N–H and O–H groups in total. The summed E-state index contributed by atoms with van der Waals surface area (Å²) in [5.74, 6) is 0.809. The van der Waals surface area contributed by atoms with Gasteiger partial charge in [-0.15, -0.1) is 0 Å². The maximum Gasteiger partial charge on any atom is 0.104 e. The van der Waals surface area contributed by atoms with Crippen molar-refractivity contribution in [2.75, 3.05) is 5.73 Å². The van der Waals surface area contributed by atoms with Crippen LogP contribution in [0.25, 0.3) is 0 Å². The van der Waals surface area contributed by atoms with Gasteiger partial charge in [0.15, 0.2) is 0 Å². The van der Waals surface area contributed by atoms with Gasteiger partial charge in [-0.05, 0) is 45.2 Å². The Kier molecular flexibility index (Phi) is 1.74. The van der Waals surface area contributed by atoms with E-state index in [4.69, 9.17) is 11.5 Å². The van der Waals surface area contributed by atoms with E-state index in [2.05, 4.69) is 31.5 Å². The molecule has 3 nitrogen and oxygen atoms in total. The summed E-state index contributed by atoms with van der Waals surface area (Å²) in [4.78, 5) is 0. The van der Waals surface area contributed by atoms with Crippen LogP contribution in [0, 0.1) is 0 Å². The van der Waals surface area contributed by atoms with E-state index < -0.39 is 0 Å². The molecule has 3 heteroatoms. The standard InChI is InChI=1S/C11H19N3/c1-10(2,3)14-7-8(6-9(14)12)11(13)4-5-11/h6-7H,4-5,12-13H2,1-3H3. The Labute approximate surface area is 85.1 Å². The highest BCUT2D eigenvalue weighted by Crippen LogP contribution is 2.44. The molecule has 1 heterocycles. The molecule has 0 atom stereocenters. The minimum Gasteiger partial charge on any atom is -0.385 e. The minimum atomic E-state index is -0.0788. The van der Waals surface area contributed by atoms with Crippen LogP contribution in [0.3, 0.4) is 0 Å². The molecule has 0 spiro atoms. The number of nitrogens with two attached hydrogens (primary N) is 2. The number of anilines is 1. The average molecular weight is 193 g/mol. The number of hydrogen-bond donors (Lipinski definition) is 2. The van der Waals surface area contributed by atoms with Crippen molar-refractivity contribution >= 4 is 5.82 Å². The monoisotopic (exact) mass is 193 g/mol. The van der Waals surface area contributed by atoms with E-state index in [0.29, 0.717) is 0 Å². The topological polar surface area (TPSA) is 57.0 Å². The second-order valence-electron chi connectivity index (χ2n) is 5.35. The fourth-order valence-corrected chi connectivity index (χ4v) is 1.76.